The van der Waals surface area contributed by atoms with Crippen LogP contribution < -0.4 is 5.32 Å². The third-order valence-corrected chi connectivity index (χ3v) is 1.92. The molecule has 3 heteroatoms. The fourth-order valence-corrected chi connectivity index (χ4v) is 1.43. The lowest BCUT2D eigenvalue weighted by Gasteiger charge is -2.15. The number of fused-ring (bicyclic) bond motifs is 2. The first-order chi connectivity index (χ1) is 4.36. The van der Waals surface area contributed by atoms with Crippen molar-refractivity contribution in [2.24, 2.45) is 5.92 Å². The van der Waals surface area contributed by atoms with Gasteiger partial charge < -0.3 is 10.1 Å². The fourth-order valence-electron chi connectivity index (χ4n) is 1.43. The van der Waals surface area contributed by atoms with Gasteiger partial charge in [-0.3, -0.25) is 4.79 Å². The predicted octanol–water partition coefficient (Wildman–Crippen LogP) is -0.479. The van der Waals surface area contributed by atoms with Gasteiger partial charge >= 0.3 is 0 Å². The van der Waals surface area contributed by atoms with Crippen LogP contribution in [-0.2, 0) is 9.53 Å². The smallest absolute Gasteiger partial charge is 0.225 e. The van der Waals surface area contributed by atoms with Crippen molar-refractivity contribution in [2.75, 3.05) is 13.2 Å². The lowest BCUT2D eigenvalue weighted by molar-refractivity contribution is -0.123. The molecule has 0 aromatic carbocycles. The summed E-state index contributed by atoms with van der Waals surface area (Å²) in [6, 6.07) is 0.316. The Morgan fingerprint density at radius 2 is 2.44 bits per heavy atom. The van der Waals surface area contributed by atoms with Crippen LogP contribution in [0.1, 0.15) is 6.42 Å². The van der Waals surface area contributed by atoms with E-state index in [0.29, 0.717) is 19.3 Å². The zero-order valence-electron chi connectivity index (χ0n) is 5.09. The molecule has 2 bridgehead atoms. The molecule has 50 valence electrons. The average Bonchev–Trinajstić information content (AvgIpc) is 2.09. The summed E-state index contributed by atoms with van der Waals surface area (Å²) >= 11 is 0. The number of rotatable bonds is 0. The molecule has 0 aromatic rings. The summed E-state index contributed by atoms with van der Waals surface area (Å²) < 4.78 is 5.14. The van der Waals surface area contributed by atoms with Crippen molar-refractivity contribution < 1.29 is 9.53 Å². The highest BCUT2D eigenvalue weighted by molar-refractivity contribution is 5.81. The molecule has 0 aliphatic carbocycles. The van der Waals surface area contributed by atoms with Gasteiger partial charge in [-0.1, -0.05) is 0 Å². The quantitative estimate of drug-likeness (QED) is 0.477. The summed E-state index contributed by atoms with van der Waals surface area (Å²) in [7, 11) is 0. The number of hydrogen-bond donors (Lipinski definition) is 1. The highest BCUT2D eigenvalue weighted by Gasteiger charge is 2.35. The zero-order valence-corrected chi connectivity index (χ0v) is 5.09. The summed E-state index contributed by atoms with van der Waals surface area (Å²) in [5.74, 6) is 0.334. The van der Waals surface area contributed by atoms with Gasteiger partial charge in [-0.2, -0.15) is 0 Å². The molecule has 2 unspecified atom stereocenters. The first-order valence-electron chi connectivity index (χ1n) is 3.24. The Morgan fingerprint density at radius 3 is 3.11 bits per heavy atom. The van der Waals surface area contributed by atoms with E-state index in [4.69, 9.17) is 4.74 Å². The molecule has 2 aliphatic rings. The van der Waals surface area contributed by atoms with Gasteiger partial charge in [0, 0.05) is 0 Å². The minimum atomic E-state index is 0.156. The van der Waals surface area contributed by atoms with Crippen molar-refractivity contribution in [3.63, 3.8) is 0 Å². The summed E-state index contributed by atoms with van der Waals surface area (Å²) in [6.45, 7) is 1.34. The van der Waals surface area contributed by atoms with Crippen molar-refractivity contribution >= 4 is 5.91 Å². The van der Waals surface area contributed by atoms with Gasteiger partial charge in [0.25, 0.3) is 0 Å². The molecule has 1 N–H and O–H groups in total. The van der Waals surface area contributed by atoms with Gasteiger partial charge in [-0.15, -0.1) is 0 Å². The van der Waals surface area contributed by atoms with Crippen LogP contribution in [0.4, 0.5) is 0 Å². The Hall–Kier alpha value is -0.570. The molecular weight excluding hydrogens is 118 g/mol. The Morgan fingerprint density at radius 1 is 1.56 bits per heavy atom. The minimum Gasteiger partial charge on any atom is -0.378 e. The van der Waals surface area contributed by atoms with Crippen LogP contribution in [0.25, 0.3) is 0 Å². The highest BCUT2D eigenvalue weighted by atomic mass is 16.5. The Balaban J connectivity index is 2.15. The van der Waals surface area contributed by atoms with Crippen molar-refractivity contribution in [3.05, 3.63) is 0 Å². The SMILES string of the molecule is O=C1NC2COCC1C2. The van der Waals surface area contributed by atoms with E-state index in [1.165, 1.54) is 0 Å². The molecule has 1 amide bonds. The van der Waals surface area contributed by atoms with E-state index < -0.39 is 0 Å². The van der Waals surface area contributed by atoms with Crippen LogP contribution in [0, 0.1) is 5.92 Å². The normalized spacial score (nSPS) is 40.7. The maximum Gasteiger partial charge on any atom is 0.225 e. The van der Waals surface area contributed by atoms with Crippen LogP contribution in [0.2, 0.25) is 0 Å². The van der Waals surface area contributed by atoms with Gasteiger partial charge in [0.1, 0.15) is 0 Å². The fraction of sp³-hybridized carbons (Fsp3) is 0.833. The Kier molecular flexibility index (Phi) is 0.990. The van der Waals surface area contributed by atoms with Crippen LogP contribution in [-0.4, -0.2) is 25.2 Å². The van der Waals surface area contributed by atoms with Crippen LogP contribution in [0.15, 0.2) is 0 Å². The summed E-state index contributed by atoms with van der Waals surface area (Å²) in [5, 5.41) is 2.85. The molecule has 0 radical (unpaired) electrons. The van der Waals surface area contributed by atoms with Gasteiger partial charge in [0.2, 0.25) is 5.91 Å². The van der Waals surface area contributed by atoms with E-state index in [9.17, 15) is 4.79 Å². The molecule has 0 spiro atoms. The minimum absolute atomic E-state index is 0.156. The molecular formula is C6H9NO2. The monoisotopic (exact) mass is 127 g/mol. The standard InChI is InChI=1S/C6H9NO2/c8-6-4-1-5(7-6)3-9-2-4/h4-5H,1-3H2,(H,7,8). The average molecular weight is 127 g/mol. The second-order valence-electron chi connectivity index (χ2n) is 2.68. The van der Waals surface area contributed by atoms with Gasteiger partial charge in [-0.05, 0) is 6.42 Å². The highest BCUT2D eigenvalue weighted by Crippen LogP contribution is 2.20. The van der Waals surface area contributed by atoms with Gasteiger partial charge in [-0.25, -0.2) is 0 Å². The van der Waals surface area contributed by atoms with Crippen molar-refractivity contribution in [1.82, 2.24) is 5.32 Å². The molecule has 2 heterocycles. The van der Waals surface area contributed by atoms with E-state index in [1.54, 1.807) is 0 Å². The molecule has 0 saturated carbocycles. The lowest BCUT2D eigenvalue weighted by Crippen LogP contribution is -2.28. The van der Waals surface area contributed by atoms with Crippen LogP contribution in [0.3, 0.4) is 0 Å². The number of hydrogen-bond acceptors (Lipinski definition) is 2. The first-order valence-corrected chi connectivity index (χ1v) is 3.24. The summed E-state index contributed by atoms with van der Waals surface area (Å²) in [6.07, 6.45) is 0.985. The van der Waals surface area contributed by atoms with E-state index in [1.807, 2.05) is 0 Å². The molecule has 2 aliphatic heterocycles. The second-order valence-corrected chi connectivity index (χ2v) is 2.68. The number of carbonyl (C=O) groups excluding carboxylic acids is 1. The number of nitrogens with one attached hydrogen (secondary N) is 1. The number of ether oxygens (including phenoxy) is 1. The van der Waals surface area contributed by atoms with Gasteiger partial charge in [0.15, 0.2) is 0 Å². The van der Waals surface area contributed by atoms with Crippen molar-refractivity contribution in [1.29, 1.82) is 0 Å². The zero-order chi connectivity index (χ0) is 6.27. The van der Waals surface area contributed by atoms with E-state index >= 15 is 0 Å². The van der Waals surface area contributed by atoms with Crippen LogP contribution >= 0.6 is 0 Å². The Labute approximate surface area is 53.4 Å². The summed E-state index contributed by atoms with van der Waals surface area (Å²) in [5.41, 5.74) is 0. The topological polar surface area (TPSA) is 38.3 Å². The van der Waals surface area contributed by atoms with E-state index in [0.717, 1.165) is 6.42 Å². The molecule has 3 nitrogen and oxygen atoms in total. The molecule has 2 fully saturated rings. The number of carbonyl (C=O) groups is 1. The largest absolute Gasteiger partial charge is 0.378 e. The maximum atomic E-state index is 10.9. The third-order valence-electron chi connectivity index (χ3n) is 1.92. The van der Waals surface area contributed by atoms with Crippen LogP contribution in [0.5, 0.6) is 0 Å². The Bertz CT molecular complexity index is 146. The molecule has 2 rings (SSSR count). The number of amides is 1. The lowest BCUT2D eigenvalue weighted by atomic mass is 10.0. The van der Waals surface area contributed by atoms with E-state index in [2.05, 4.69) is 5.32 Å². The van der Waals surface area contributed by atoms with Gasteiger partial charge in [0.05, 0.1) is 25.2 Å². The summed E-state index contributed by atoms with van der Waals surface area (Å²) in [4.78, 5) is 10.9. The van der Waals surface area contributed by atoms with Crippen molar-refractivity contribution in [2.45, 2.75) is 12.5 Å². The first kappa shape index (κ1) is 5.23. The molecule has 2 atom stereocenters. The maximum absolute atomic E-state index is 10.9. The van der Waals surface area contributed by atoms with E-state index in [-0.39, 0.29) is 11.8 Å². The predicted molar refractivity (Wildman–Crippen MR) is 30.9 cm³/mol. The van der Waals surface area contributed by atoms with Crippen molar-refractivity contribution in [3.8, 4) is 0 Å². The molecule has 2 saturated heterocycles. The molecule has 9 heavy (non-hydrogen) atoms. The third kappa shape index (κ3) is 0.721. The second kappa shape index (κ2) is 1.70. The molecule has 0 aromatic heterocycles.